The molecule has 0 amide bonds. The Balaban J connectivity index is 3.15. The summed E-state index contributed by atoms with van der Waals surface area (Å²) >= 11 is 5.62. The van der Waals surface area contributed by atoms with Crippen LogP contribution in [0.2, 0.25) is 5.02 Å². The zero-order chi connectivity index (χ0) is 8.43. The Labute approximate surface area is 69.2 Å². The highest BCUT2D eigenvalue weighted by Gasteiger charge is 2.02. The average Bonchev–Trinajstić information content (AvgIpc) is 1.94. The van der Waals surface area contributed by atoms with Gasteiger partial charge in [0.15, 0.2) is 5.78 Å². The Kier molecular flexibility index (Phi) is 2.10. The van der Waals surface area contributed by atoms with E-state index in [4.69, 9.17) is 17.3 Å². The minimum Gasteiger partial charge on any atom is -0.382 e. The third-order valence-electron chi connectivity index (χ3n) is 1.28. The van der Waals surface area contributed by atoms with E-state index in [1.165, 1.54) is 19.2 Å². The first-order chi connectivity index (χ1) is 5.11. The number of carbonyl (C=O) groups is 1. The van der Waals surface area contributed by atoms with Crippen molar-refractivity contribution in [3.63, 3.8) is 0 Å². The summed E-state index contributed by atoms with van der Waals surface area (Å²) in [6, 6.07) is 1.51. The minimum absolute atomic E-state index is 0.0700. The van der Waals surface area contributed by atoms with Gasteiger partial charge in [-0.2, -0.15) is 0 Å². The number of anilines is 1. The molecule has 58 valence electrons. The Hall–Kier alpha value is -1.09. The van der Waals surface area contributed by atoms with Gasteiger partial charge in [0.1, 0.15) is 5.82 Å². The average molecular weight is 171 g/mol. The predicted molar refractivity (Wildman–Crippen MR) is 43.7 cm³/mol. The summed E-state index contributed by atoms with van der Waals surface area (Å²) in [6.07, 6.45) is 1.41. The number of halogens is 1. The topological polar surface area (TPSA) is 56.0 Å². The molecule has 0 saturated heterocycles. The largest absolute Gasteiger partial charge is 0.382 e. The highest BCUT2D eigenvalue weighted by Crippen LogP contribution is 2.16. The molecule has 1 heterocycles. The molecule has 0 aliphatic carbocycles. The van der Waals surface area contributed by atoms with Gasteiger partial charge >= 0.3 is 0 Å². The van der Waals surface area contributed by atoms with Gasteiger partial charge in [0, 0.05) is 11.8 Å². The van der Waals surface area contributed by atoms with E-state index in [-0.39, 0.29) is 11.6 Å². The second kappa shape index (κ2) is 2.88. The van der Waals surface area contributed by atoms with E-state index in [1.54, 1.807) is 0 Å². The normalized spacial score (nSPS) is 9.64. The Morgan fingerprint density at radius 3 is 2.82 bits per heavy atom. The van der Waals surface area contributed by atoms with Gasteiger partial charge in [-0.25, -0.2) is 4.98 Å². The van der Waals surface area contributed by atoms with Crippen LogP contribution < -0.4 is 5.73 Å². The first-order valence-electron chi connectivity index (χ1n) is 3.03. The van der Waals surface area contributed by atoms with Gasteiger partial charge in [0.25, 0.3) is 0 Å². The lowest BCUT2D eigenvalue weighted by Gasteiger charge is -1.97. The van der Waals surface area contributed by atoms with Crippen LogP contribution in [-0.2, 0) is 0 Å². The van der Waals surface area contributed by atoms with Crippen molar-refractivity contribution in [1.29, 1.82) is 0 Å². The fraction of sp³-hybridized carbons (Fsp3) is 0.143. The molecule has 0 bridgehead atoms. The van der Waals surface area contributed by atoms with Crippen LogP contribution in [0, 0.1) is 0 Å². The molecule has 11 heavy (non-hydrogen) atoms. The quantitative estimate of drug-likeness (QED) is 0.651. The molecule has 0 atom stereocenters. The number of rotatable bonds is 1. The van der Waals surface area contributed by atoms with Gasteiger partial charge in [-0.05, 0) is 13.0 Å². The first kappa shape index (κ1) is 8.01. The third kappa shape index (κ3) is 1.68. The van der Waals surface area contributed by atoms with Gasteiger partial charge in [0.2, 0.25) is 0 Å². The van der Waals surface area contributed by atoms with Crippen molar-refractivity contribution >= 4 is 23.2 Å². The molecule has 0 aromatic carbocycles. The van der Waals surface area contributed by atoms with E-state index >= 15 is 0 Å². The van der Waals surface area contributed by atoms with Crippen LogP contribution in [0.5, 0.6) is 0 Å². The molecule has 0 aliphatic heterocycles. The van der Waals surface area contributed by atoms with E-state index in [0.29, 0.717) is 10.6 Å². The molecule has 0 aliphatic rings. The van der Waals surface area contributed by atoms with Crippen molar-refractivity contribution in [2.45, 2.75) is 6.92 Å². The Morgan fingerprint density at radius 1 is 1.73 bits per heavy atom. The number of nitrogens with two attached hydrogens (primary N) is 1. The molecule has 1 rings (SSSR count). The minimum atomic E-state index is -0.0700. The van der Waals surface area contributed by atoms with Crippen molar-refractivity contribution in [1.82, 2.24) is 4.98 Å². The zero-order valence-electron chi connectivity index (χ0n) is 5.97. The highest BCUT2D eigenvalue weighted by molar-refractivity contribution is 6.33. The molecule has 0 unspecified atom stereocenters. The van der Waals surface area contributed by atoms with Crippen molar-refractivity contribution < 1.29 is 4.79 Å². The lowest BCUT2D eigenvalue weighted by molar-refractivity contribution is 0.101. The molecule has 0 radical (unpaired) electrons. The molecule has 0 spiro atoms. The van der Waals surface area contributed by atoms with Crippen LogP contribution in [-0.4, -0.2) is 10.8 Å². The van der Waals surface area contributed by atoms with Gasteiger partial charge in [-0.1, -0.05) is 11.6 Å². The Morgan fingerprint density at radius 2 is 2.36 bits per heavy atom. The van der Waals surface area contributed by atoms with Crippen molar-refractivity contribution in [3.8, 4) is 0 Å². The number of ketones is 1. The number of nitrogen functional groups attached to an aromatic ring is 1. The summed E-state index contributed by atoms with van der Waals surface area (Å²) in [6.45, 7) is 1.45. The molecule has 2 N–H and O–H groups in total. The maximum Gasteiger partial charge on any atom is 0.161 e. The lowest BCUT2D eigenvalue weighted by Crippen LogP contribution is -1.97. The fourth-order valence-electron chi connectivity index (χ4n) is 0.641. The van der Waals surface area contributed by atoms with Gasteiger partial charge in [-0.15, -0.1) is 0 Å². The smallest absolute Gasteiger partial charge is 0.161 e. The lowest BCUT2D eigenvalue weighted by atomic mass is 10.2. The molecule has 0 saturated carbocycles. The van der Waals surface area contributed by atoms with Crippen LogP contribution in [0.3, 0.4) is 0 Å². The summed E-state index contributed by atoms with van der Waals surface area (Å²) in [5, 5.41) is 0.317. The summed E-state index contributed by atoms with van der Waals surface area (Å²) < 4.78 is 0. The Bertz CT molecular complexity index is 298. The van der Waals surface area contributed by atoms with E-state index < -0.39 is 0 Å². The van der Waals surface area contributed by atoms with Crippen LogP contribution in [0.15, 0.2) is 12.3 Å². The number of aromatic nitrogens is 1. The van der Waals surface area contributed by atoms with Crippen LogP contribution in [0.25, 0.3) is 0 Å². The molecule has 1 aromatic rings. The summed E-state index contributed by atoms with van der Waals surface area (Å²) in [5.74, 6) is 0.177. The van der Waals surface area contributed by atoms with Crippen LogP contribution in [0.1, 0.15) is 17.3 Å². The number of hydrogen-bond acceptors (Lipinski definition) is 3. The molecule has 3 nitrogen and oxygen atoms in total. The van der Waals surface area contributed by atoms with Crippen LogP contribution >= 0.6 is 11.6 Å². The second-order valence-electron chi connectivity index (χ2n) is 2.15. The van der Waals surface area contributed by atoms with E-state index in [9.17, 15) is 4.79 Å². The molecule has 0 fully saturated rings. The number of hydrogen-bond donors (Lipinski definition) is 1. The monoisotopic (exact) mass is 170 g/mol. The zero-order valence-corrected chi connectivity index (χ0v) is 6.72. The van der Waals surface area contributed by atoms with Crippen molar-refractivity contribution in [2.75, 3.05) is 5.73 Å². The van der Waals surface area contributed by atoms with E-state index in [2.05, 4.69) is 4.98 Å². The van der Waals surface area contributed by atoms with Gasteiger partial charge < -0.3 is 5.73 Å². The summed E-state index contributed by atoms with van der Waals surface area (Å²) in [4.78, 5) is 14.5. The van der Waals surface area contributed by atoms with Crippen molar-refractivity contribution in [2.24, 2.45) is 0 Å². The van der Waals surface area contributed by atoms with Crippen molar-refractivity contribution in [3.05, 3.63) is 22.8 Å². The maximum atomic E-state index is 10.8. The molecular formula is C7H7ClN2O. The van der Waals surface area contributed by atoms with Crippen LogP contribution in [0.4, 0.5) is 5.82 Å². The summed E-state index contributed by atoms with van der Waals surface area (Å²) in [5.41, 5.74) is 5.81. The summed E-state index contributed by atoms with van der Waals surface area (Å²) in [7, 11) is 0. The molecule has 1 aromatic heterocycles. The standard InChI is InChI=1S/C7H7ClN2O/c1-4(11)5-2-6(8)7(9)10-3-5/h2-3H,1H3,(H2,9,10). The third-order valence-corrected chi connectivity index (χ3v) is 1.58. The highest BCUT2D eigenvalue weighted by atomic mass is 35.5. The fourth-order valence-corrected chi connectivity index (χ4v) is 0.807. The number of carbonyl (C=O) groups excluding carboxylic acids is 1. The van der Waals surface area contributed by atoms with E-state index in [0.717, 1.165) is 0 Å². The van der Waals surface area contributed by atoms with Gasteiger partial charge in [0.05, 0.1) is 5.02 Å². The van der Waals surface area contributed by atoms with E-state index in [1.807, 2.05) is 0 Å². The molecular weight excluding hydrogens is 164 g/mol. The predicted octanol–water partition coefficient (Wildman–Crippen LogP) is 1.52. The maximum absolute atomic E-state index is 10.8. The number of nitrogens with zero attached hydrogens (tertiary/aromatic N) is 1. The number of Topliss-reactive ketones (excluding diaryl/α,β-unsaturated/α-hetero) is 1. The van der Waals surface area contributed by atoms with Gasteiger partial charge in [-0.3, -0.25) is 4.79 Å². The SMILES string of the molecule is CC(=O)c1cnc(N)c(Cl)c1. The first-order valence-corrected chi connectivity index (χ1v) is 3.41. The number of pyridine rings is 1. The second-order valence-corrected chi connectivity index (χ2v) is 2.55. The molecule has 4 heteroatoms.